The zero-order valence-electron chi connectivity index (χ0n) is 9.02. The maximum atomic E-state index is 13.5. The van der Waals surface area contributed by atoms with Gasteiger partial charge < -0.3 is 5.11 Å². The second-order valence-electron chi connectivity index (χ2n) is 3.64. The Labute approximate surface area is 107 Å². The fourth-order valence-electron chi connectivity index (χ4n) is 1.56. The van der Waals surface area contributed by atoms with E-state index in [9.17, 15) is 9.50 Å². The number of rotatable bonds is 3. The average Bonchev–Trinajstić information content (AvgIpc) is 2.70. The molecule has 3 nitrogen and oxygen atoms in total. The minimum absolute atomic E-state index is 0.121. The van der Waals surface area contributed by atoms with Crippen molar-refractivity contribution in [1.29, 1.82) is 0 Å². The van der Waals surface area contributed by atoms with E-state index >= 15 is 0 Å². The highest BCUT2D eigenvalue weighted by molar-refractivity contribution is 7.05. The van der Waals surface area contributed by atoms with Gasteiger partial charge in [0.15, 0.2) is 0 Å². The maximum absolute atomic E-state index is 13.5. The summed E-state index contributed by atoms with van der Waals surface area (Å²) in [6.07, 6.45) is -0.708. The molecule has 2 rings (SSSR count). The van der Waals surface area contributed by atoms with Crippen molar-refractivity contribution < 1.29 is 9.50 Å². The monoisotopic (exact) mass is 272 g/mol. The summed E-state index contributed by atoms with van der Waals surface area (Å²) in [5.74, 6) is -0.410. The van der Waals surface area contributed by atoms with Crippen LogP contribution in [0.3, 0.4) is 0 Å². The normalized spacial score (nSPS) is 12.7. The van der Waals surface area contributed by atoms with Gasteiger partial charge in [-0.2, -0.15) is 0 Å². The highest BCUT2D eigenvalue weighted by Crippen LogP contribution is 2.28. The number of aromatic nitrogens is 2. The first-order valence-corrected chi connectivity index (χ1v) is 6.14. The number of aryl methyl sites for hydroxylation is 1. The van der Waals surface area contributed by atoms with E-state index in [0.29, 0.717) is 21.2 Å². The van der Waals surface area contributed by atoms with Gasteiger partial charge in [0.05, 0.1) is 16.7 Å². The van der Waals surface area contributed by atoms with E-state index in [0.717, 1.165) is 11.5 Å². The van der Waals surface area contributed by atoms with Gasteiger partial charge in [-0.05, 0) is 30.6 Å². The molecule has 1 atom stereocenters. The van der Waals surface area contributed by atoms with Gasteiger partial charge in [0.2, 0.25) is 0 Å². The number of halogens is 2. The molecule has 1 unspecified atom stereocenters. The molecular weight excluding hydrogens is 263 g/mol. The highest BCUT2D eigenvalue weighted by Gasteiger charge is 2.18. The first-order chi connectivity index (χ1) is 8.09. The average molecular weight is 273 g/mol. The fourth-order valence-corrected chi connectivity index (χ4v) is 2.43. The van der Waals surface area contributed by atoms with E-state index in [2.05, 4.69) is 9.59 Å². The van der Waals surface area contributed by atoms with Crippen molar-refractivity contribution in [2.24, 2.45) is 0 Å². The summed E-state index contributed by atoms with van der Waals surface area (Å²) < 4.78 is 17.3. The molecule has 17 heavy (non-hydrogen) atoms. The van der Waals surface area contributed by atoms with Gasteiger partial charge >= 0.3 is 0 Å². The van der Waals surface area contributed by atoms with Crippen molar-refractivity contribution in [2.75, 3.05) is 0 Å². The largest absolute Gasteiger partial charge is 0.387 e. The lowest BCUT2D eigenvalue weighted by atomic mass is 10.1. The lowest BCUT2D eigenvalue weighted by molar-refractivity contribution is 0.180. The van der Waals surface area contributed by atoms with Crippen LogP contribution in [0.4, 0.5) is 4.39 Å². The maximum Gasteiger partial charge on any atom is 0.127 e. The molecule has 2 aromatic rings. The van der Waals surface area contributed by atoms with Gasteiger partial charge in [-0.3, -0.25) is 0 Å². The molecule has 1 heterocycles. The summed E-state index contributed by atoms with van der Waals surface area (Å²) in [4.78, 5) is 0.643. The van der Waals surface area contributed by atoms with Crippen LogP contribution >= 0.6 is 23.1 Å². The van der Waals surface area contributed by atoms with Gasteiger partial charge in [0, 0.05) is 17.0 Å². The number of aliphatic hydroxyl groups is 1. The molecule has 0 aliphatic carbocycles. The Bertz CT molecular complexity index is 512. The van der Waals surface area contributed by atoms with E-state index in [1.165, 1.54) is 12.1 Å². The highest BCUT2D eigenvalue weighted by atomic mass is 35.5. The first kappa shape index (κ1) is 12.4. The molecule has 1 aromatic carbocycles. The molecule has 0 bridgehead atoms. The second-order valence-corrected chi connectivity index (χ2v) is 4.84. The lowest BCUT2D eigenvalue weighted by Gasteiger charge is -2.10. The van der Waals surface area contributed by atoms with Gasteiger partial charge in [0.1, 0.15) is 5.82 Å². The van der Waals surface area contributed by atoms with Crippen LogP contribution in [0.2, 0.25) is 5.02 Å². The second kappa shape index (κ2) is 5.08. The molecule has 0 saturated carbocycles. The third kappa shape index (κ3) is 2.62. The number of hydrogen-bond donors (Lipinski definition) is 1. The van der Waals surface area contributed by atoms with Crippen LogP contribution in [0.1, 0.15) is 22.2 Å². The van der Waals surface area contributed by atoms with Crippen molar-refractivity contribution in [3.8, 4) is 0 Å². The summed E-state index contributed by atoms with van der Waals surface area (Å²) >= 11 is 7.01. The summed E-state index contributed by atoms with van der Waals surface area (Å²) in [5.41, 5.74) is 0.976. The zero-order chi connectivity index (χ0) is 12.4. The minimum Gasteiger partial charge on any atom is -0.387 e. The summed E-state index contributed by atoms with van der Waals surface area (Å²) in [7, 11) is 0. The lowest BCUT2D eigenvalue weighted by Crippen LogP contribution is -2.04. The minimum atomic E-state index is -0.829. The van der Waals surface area contributed by atoms with Gasteiger partial charge in [-0.1, -0.05) is 22.2 Å². The fraction of sp³-hybridized carbons (Fsp3) is 0.273. The van der Waals surface area contributed by atoms with E-state index in [4.69, 9.17) is 11.6 Å². The van der Waals surface area contributed by atoms with E-state index < -0.39 is 11.9 Å². The Morgan fingerprint density at radius 1 is 1.53 bits per heavy atom. The molecular formula is C11H10ClFN2OS. The Kier molecular flexibility index (Phi) is 3.71. The quantitative estimate of drug-likeness (QED) is 0.934. The van der Waals surface area contributed by atoms with Crippen molar-refractivity contribution in [2.45, 2.75) is 19.4 Å². The van der Waals surface area contributed by atoms with Crippen LogP contribution in [-0.2, 0) is 6.42 Å². The molecule has 0 saturated heterocycles. The van der Waals surface area contributed by atoms with Gasteiger partial charge in [-0.25, -0.2) is 4.39 Å². The van der Waals surface area contributed by atoms with Crippen LogP contribution in [0, 0.1) is 12.7 Å². The van der Waals surface area contributed by atoms with Gasteiger partial charge in [-0.15, -0.1) is 5.10 Å². The SMILES string of the molecule is Cc1nnsc1C(O)Cc1c(F)cccc1Cl. The van der Waals surface area contributed by atoms with Crippen LogP contribution in [-0.4, -0.2) is 14.7 Å². The van der Waals surface area contributed by atoms with Crippen LogP contribution in [0.25, 0.3) is 0 Å². The summed E-state index contributed by atoms with van der Waals surface area (Å²) in [6, 6.07) is 4.46. The number of nitrogens with zero attached hydrogens (tertiary/aromatic N) is 2. The molecule has 0 aliphatic heterocycles. The van der Waals surface area contributed by atoms with Gasteiger partial charge in [0.25, 0.3) is 0 Å². The van der Waals surface area contributed by atoms with Crippen molar-refractivity contribution in [3.63, 3.8) is 0 Å². The molecule has 0 radical (unpaired) electrons. The van der Waals surface area contributed by atoms with Crippen molar-refractivity contribution in [1.82, 2.24) is 9.59 Å². The molecule has 0 amide bonds. The predicted molar refractivity (Wildman–Crippen MR) is 64.7 cm³/mol. The molecule has 1 N–H and O–H groups in total. The molecule has 6 heteroatoms. The van der Waals surface area contributed by atoms with E-state index in [1.807, 2.05) is 0 Å². The number of benzene rings is 1. The smallest absolute Gasteiger partial charge is 0.127 e. The Morgan fingerprint density at radius 2 is 2.29 bits per heavy atom. The zero-order valence-corrected chi connectivity index (χ0v) is 10.6. The van der Waals surface area contributed by atoms with Crippen LogP contribution < -0.4 is 0 Å². The Hall–Kier alpha value is -1.04. The Balaban J connectivity index is 2.25. The summed E-state index contributed by atoms with van der Waals surface area (Å²) in [6.45, 7) is 1.75. The molecule has 90 valence electrons. The standard InChI is InChI=1S/C11H10ClFN2OS/c1-6-11(17-15-14-6)10(16)5-7-8(12)3-2-4-9(7)13/h2-4,10,16H,5H2,1H3. The van der Waals surface area contributed by atoms with Crippen molar-refractivity contribution >= 4 is 23.1 Å². The number of hydrogen-bond acceptors (Lipinski definition) is 4. The molecule has 0 fully saturated rings. The molecule has 0 aliphatic rings. The topological polar surface area (TPSA) is 46.0 Å². The molecule has 0 spiro atoms. The first-order valence-electron chi connectivity index (χ1n) is 4.99. The predicted octanol–water partition coefficient (Wildman–Crippen LogP) is 2.92. The molecule has 1 aromatic heterocycles. The summed E-state index contributed by atoms with van der Waals surface area (Å²) in [5, 5.41) is 14.1. The van der Waals surface area contributed by atoms with E-state index in [-0.39, 0.29) is 6.42 Å². The number of aliphatic hydroxyl groups excluding tert-OH is 1. The van der Waals surface area contributed by atoms with Crippen molar-refractivity contribution in [3.05, 3.63) is 45.2 Å². The van der Waals surface area contributed by atoms with Crippen LogP contribution in [0.5, 0.6) is 0 Å². The van der Waals surface area contributed by atoms with E-state index in [1.54, 1.807) is 13.0 Å². The third-order valence-corrected chi connectivity index (χ3v) is 3.73. The third-order valence-electron chi connectivity index (χ3n) is 2.45. The van der Waals surface area contributed by atoms with Crippen LogP contribution in [0.15, 0.2) is 18.2 Å². The Morgan fingerprint density at radius 3 is 2.88 bits per heavy atom.